The highest BCUT2D eigenvalue weighted by Crippen LogP contribution is 2.50. The fourth-order valence-corrected chi connectivity index (χ4v) is 5.00. The van der Waals surface area contributed by atoms with Crippen LogP contribution in [0.3, 0.4) is 0 Å². The number of carbonyl (C=O) groups excluding carboxylic acids is 1. The second-order valence-corrected chi connectivity index (χ2v) is 8.08. The lowest BCUT2D eigenvalue weighted by Gasteiger charge is -2.24. The number of methoxy groups -OCH3 is 1. The SMILES string of the molecule is C=CCOc1cc(C2CC(=O)Nc3c2sc(C(=O)O)c3-c2ccccc2)ccc1OC. The Kier molecular flexibility index (Phi) is 5.77. The number of carboxylic acid groups (broad SMARTS) is 1. The van der Waals surface area contributed by atoms with E-state index in [1.54, 1.807) is 19.3 Å². The van der Waals surface area contributed by atoms with Gasteiger partial charge in [-0.1, -0.05) is 49.1 Å². The Hall–Kier alpha value is -3.58. The molecule has 1 unspecified atom stereocenters. The van der Waals surface area contributed by atoms with Crippen molar-refractivity contribution in [1.82, 2.24) is 0 Å². The summed E-state index contributed by atoms with van der Waals surface area (Å²) in [5, 5.41) is 12.8. The van der Waals surface area contributed by atoms with E-state index in [-0.39, 0.29) is 23.1 Å². The van der Waals surface area contributed by atoms with Crippen LogP contribution in [-0.2, 0) is 4.79 Å². The molecule has 0 spiro atoms. The van der Waals surface area contributed by atoms with E-state index in [0.29, 0.717) is 29.4 Å². The van der Waals surface area contributed by atoms with E-state index in [9.17, 15) is 14.7 Å². The summed E-state index contributed by atoms with van der Waals surface area (Å²) in [5.41, 5.74) is 2.72. The predicted octanol–water partition coefficient (Wildman–Crippen LogP) is 5.16. The largest absolute Gasteiger partial charge is 0.493 e. The Balaban J connectivity index is 1.86. The van der Waals surface area contributed by atoms with Gasteiger partial charge in [-0.3, -0.25) is 4.79 Å². The standard InChI is InChI=1S/C24H21NO5S/c1-3-11-30-18-12-15(9-10-17(18)29-2)16-13-19(26)25-21-20(14-7-5-4-6-8-14)23(24(27)28)31-22(16)21/h3-10,12,16H,1,11,13H2,2H3,(H,25,26)(H,27,28). The Morgan fingerprint density at radius 2 is 2.03 bits per heavy atom. The minimum absolute atomic E-state index is 0.159. The zero-order chi connectivity index (χ0) is 22.0. The summed E-state index contributed by atoms with van der Waals surface area (Å²) >= 11 is 1.20. The molecule has 6 nitrogen and oxygen atoms in total. The highest BCUT2D eigenvalue weighted by Gasteiger charge is 2.34. The van der Waals surface area contributed by atoms with Gasteiger partial charge in [-0.25, -0.2) is 4.79 Å². The number of hydrogen-bond donors (Lipinski definition) is 2. The fourth-order valence-electron chi connectivity index (χ4n) is 3.76. The highest BCUT2D eigenvalue weighted by atomic mass is 32.1. The summed E-state index contributed by atoms with van der Waals surface area (Å²) in [6, 6.07) is 14.8. The number of benzene rings is 2. The number of carboxylic acids is 1. The first kappa shape index (κ1) is 20.7. The lowest BCUT2D eigenvalue weighted by Crippen LogP contribution is -2.22. The van der Waals surface area contributed by atoms with Crippen LogP contribution in [0.2, 0.25) is 0 Å². The molecule has 1 aliphatic heterocycles. The topological polar surface area (TPSA) is 84.9 Å². The summed E-state index contributed by atoms with van der Waals surface area (Å²) in [4.78, 5) is 25.7. The summed E-state index contributed by atoms with van der Waals surface area (Å²) in [7, 11) is 1.56. The van der Waals surface area contributed by atoms with Gasteiger partial charge in [0.1, 0.15) is 11.5 Å². The number of ether oxygens (including phenoxy) is 2. The summed E-state index contributed by atoms with van der Waals surface area (Å²) in [6.45, 7) is 3.98. The lowest BCUT2D eigenvalue weighted by atomic mass is 9.88. The Labute approximate surface area is 183 Å². The zero-order valence-corrected chi connectivity index (χ0v) is 17.7. The number of aromatic carboxylic acids is 1. The second kappa shape index (κ2) is 8.65. The van der Waals surface area contributed by atoms with Gasteiger partial charge >= 0.3 is 5.97 Å². The molecule has 7 heteroatoms. The molecule has 0 aliphatic carbocycles. The molecule has 158 valence electrons. The lowest BCUT2D eigenvalue weighted by molar-refractivity contribution is -0.116. The third kappa shape index (κ3) is 3.92. The van der Waals surface area contributed by atoms with Gasteiger partial charge in [0.05, 0.1) is 12.8 Å². The first-order valence-electron chi connectivity index (χ1n) is 9.70. The van der Waals surface area contributed by atoms with Crippen LogP contribution in [-0.4, -0.2) is 30.7 Å². The van der Waals surface area contributed by atoms with Crippen molar-refractivity contribution < 1.29 is 24.2 Å². The minimum Gasteiger partial charge on any atom is -0.493 e. The molecule has 2 heterocycles. The monoisotopic (exact) mass is 435 g/mol. The molecule has 1 aromatic heterocycles. The zero-order valence-electron chi connectivity index (χ0n) is 16.9. The van der Waals surface area contributed by atoms with E-state index in [1.165, 1.54) is 11.3 Å². The van der Waals surface area contributed by atoms with E-state index >= 15 is 0 Å². The van der Waals surface area contributed by atoms with Crippen molar-refractivity contribution in [3.63, 3.8) is 0 Å². The van der Waals surface area contributed by atoms with Gasteiger partial charge < -0.3 is 19.9 Å². The molecule has 1 aliphatic rings. The van der Waals surface area contributed by atoms with Gasteiger partial charge in [0, 0.05) is 22.8 Å². The van der Waals surface area contributed by atoms with Crippen LogP contribution in [0.5, 0.6) is 11.5 Å². The number of anilines is 1. The molecule has 0 fully saturated rings. The van der Waals surface area contributed by atoms with Crippen molar-refractivity contribution in [3.05, 3.63) is 76.5 Å². The molecular formula is C24H21NO5S. The van der Waals surface area contributed by atoms with Crippen molar-refractivity contribution >= 4 is 28.9 Å². The number of rotatable bonds is 7. The Morgan fingerprint density at radius 3 is 2.71 bits per heavy atom. The summed E-state index contributed by atoms with van der Waals surface area (Å²) in [5.74, 6) is -0.342. The van der Waals surface area contributed by atoms with Crippen molar-refractivity contribution in [2.75, 3.05) is 19.0 Å². The molecule has 0 saturated carbocycles. The third-order valence-electron chi connectivity index (χ3n) is 5.11. The number of thiophene rings is 1. The Morgan fingerprint density at radius 1 is 1.26 bits per heavy atom. The molecule has 2 aromatic carbocycles. The van der Waals surface area contributed by atoms with E-state index < -0.39 is 5.97 Å². The fraction of sp³-hybridized carbons (Fsp3) is 0.167. The molecule has 1 atom stereocenters. The molecule has 31 heavy (non-hydrogen) atoms. The molecular weight excluding hydrogens is 414 g/mol. The second-order valence-electron chi connectivity index (χ2n) is 7.03. The van der Waals surface area contributed by atoms with Gasteiger partial charge in [0.25, 0.3) is 0 Å². The smallest absolute Gasteiger partial charge is 0.346 e. The van der Waals surface area contributed by atoms with E-state index in [1.807, 2.05) is 42.5 Å². The maximum atomic E-state index is 12.6. The first-order valence-corrected chi connectivity index (χ1v) is 10.5. The summed E-state index contributed by atoms with van der Waals surface area (Å²) in [6.07, 6.45) is 1.86. The molecule has 1 amide bonds. The third-order valence-corrected chi connectivity index (χ3v) is 6.40. The Bertz CT molecular complexity index is 1150. The van der Waals surface area contributed by atoms with Crippen LogP contribution in [0.1, 0.15) is 32.5 Å². The van der Waals surface area contributed by atoms with Crippen LogP contribution in [0.15, 0.2) is 61.2 Å². The van der Waals surface area contributed by atoms with Crippen LogP contribution in [0, 0.1) is 0 Å². The number of nitrogens with one attached hydrogen (secondary N) is 1. The molecule has 4 rings (SSSR count). The first-order chi connectivity index (χ1) is 15.0. The van der Waals surface area contributed by atoms with Crippen molar-refractivity contribution in [2.45, 2.75) is 12.3 Å². The number of amides is 1. The molecule has 0 radical (unpaired) electrons. The number of hydrogen-bond acceptors (Lipinski definition) is 5. The maximum absolute atomic E-state index is 12.6. The van der Waals surface area contributed by atoms with Gasteiger partial charge in [-0.15, -0.1) is 11.3 Å². The average Bonchev–Trinajstić information content (AvgIpc) is 3.17. The van der Waals surface area contributed by atoms with Crippen LogP contribution < -0.4 is 14.8 Å². The van der Waals surface area contributed by atoms with Gasteiger partial charge in [-0.2, -0.15) is 0 Å². The van der Waals surface area contributed by atoms with E-state index in [2.05, 4.69) is 11.9 Å². The maximum Gasteiger partial charge on any atom is 0.346 e. The van der Waals surface area contributed by atoms with E-state index in [0.717, 1.165) is 16.0 Å². The molecule has 3 aromatic rings. The minimum atomic E-state index is -1.02. The van der Waals surface area contributed by atoms with Crippen LogP contribution in [0.4, 0.5) is 5.69 Å². The van der Waals surface area contributed by atoms with Crippen molar-refractivity contribution in [3.8, 4) is 22.6 Å². The predicted molar refractivity (Wildman–Crippen MR) is 120 cm³/mol. The summed E-state index contributed by atoms with van der Waals surface area (Å²) < 4.78 is 11.1. The van der Waals surface area contributed by atoms with E-state index in [4.69, 9.17) is 9.47 Å². The average molecular weight is 436 g/mol. The molecule has 0 bridgehead atoms. The van der Waals surface area contributed by atoms with Crippen LogP contribution in [0.25, 0.3) is 11.1 Å². The van der Waals surface area contributed by atoms with Crippen LogP contribution >= 0.6 is 11.3 Å². The normalized spacial score (nSPS) is 15.0. The van der Waals surface area contributed by atoms with Gasteiger partial charge in [0.2, 0.25) is 5.91 Å². The molecule has 2 N–H and O–H groups in total. The van der Waals surface area contributed by atoms with Gasteiger partial charge in [0.15, 0.2) is 11.5 Å². The number of fused-ring (bicyclic) bond motifs is 1. The van der Waals surface area contributed by atoms with Crippen molar-refractivity contribution in [2.24, 2.45) is 0 Å². The van der Waals surface area contributed by atoms with Crippen molar-refractivity contribution in [1.29, 1.82) is 0 Å². The number of carbonyl (C=O) groups is 2. The molecule has 0 saturated heterocycles. The van der Waals surface area contributed by atoms with Gasteiger partial charge in [-0.05, 0) is 23.3 Å². The highest BCUT2D eigenvalue weighted by molar-refractivity contribution is 7.15. The quantitative estimate of drug-likeness (QED) is 0.501.